The van der Waals surface area contributed by atoms with Crippen LogP contribution < -0.4 is 10.6 Å². The van der Waals surface area contributed by atoms with Gasteiger partial charge in [0.25, 0.3) is 5.91 Å². The lowest BCUT2D eigenvalue weighted by Crippen LogP contribution is -2.55. The molecular weight excluding hydrogens is 272 g/mol. The summed E-state index contributed by atoms with van der Waals surface area (Å²) in [6.07, 6.45) is 1.66. The lowest BCUT2D eigenvalue weighted by molar-refractivity contribution is -0.147. The van der Waals surface area contributed by atoms with Gasteiger partial charge < -0.3 is 24.8 Å². The largest absolute Gasteiger partial charge is 0.383 e. The fraction of sp³-hybridized carbons (Fsp3) is 0.917. The predicted molar refractivity (Wildman–Crippen MR) is 72.7 cm³/mol. The van der Waals surface area contributed by atoms with Gasteiger partial charge in [0.15, 0.2) is 6.10 Å². The van der Waals surface area contributed by atoms with Crippen LogP contribution in [0.5, 0.6) is 0 Å². The molecule has 1 amide bonds. The Bertz CT molecular complexity index is 279. The molecule has 2 atom stereocenters. The van der Waals surface area contributed by atoms with Crippen LogP contribution in [0, 0.1) is 0 Å². The Morgan fingerprint density at radius 1 is 1.53 bits per heavy atom. The molecule has 0 spiro atoms. The van der Waals surface area contributed by atoms with Crippen molar-refractivity contribution in [2.24, 2.45) is 0 Å². The van der Waals surface area contributed by atoms with E-state index in [2.05, 4.69) is 10.6 Å². The third-order valence-electron chi connectivity index (χ3n) is 3.46. The van der Waals surface area contributed by atoms with Crippen molar-refractivity contribution in [3.05, 3.63) is 0 Å². The number of methoxy groups -OCH3 is 1. The minimum Gasteiger partial charge on any atom is -0.383 e. The zero-order valence-corrected chi connectivity index (χ0v) is 12.1. The monoisotopic (exact) mass is 294 g/mol. The predicted octanol–water partition coefficient (Wildman–Crippen LogP) is -0.292. The Morgan fingerprint density at radius 2 is 2.37 bits per heavy atom. The van der Waals surface area contributed by atoms with Crippen LogP contribution in [0.4, 0.5) is 0 Å². The minimum absolute atomic E-state index is 0. The summed E-state index contributed by atoms with van der Waals surface area (Å²) in [6.45, 7) is 3.55. The molecule has 2 aliphatic rings. The number of hydrogen-bond acceptors (Lipinski definition) is 5. The van der Waals surface area contributed by atoms with Crippen LogP contribution in [0.25, 0.3) is 0 Å². The molecule has 2 aliphatic heterocycles. The average Bonchev–Trinajstić information content (AvgIpc) is 2.87. The number of carbonyl (C=O) groups excluding carboxylic acids is 1. The summed E-state index contributed by atoms with van der Waals surface area (Å²) in [5.41, 5.74) is -0.125. The minimum atomic E-state index is -0.472. The van der Waals surface area contributed by atoms with Crippen molar-refractivity contribution < 1.29 is 19.0 Å². The fourth-order valence-corrected chi connectivity index (χ4v) is 2.48. The Kier molecular flexibility index (Phi) is 7.02. The topological polar surface area (TPSA) is 68.8 Å². The zero-order valence-electron chi connectivity index (χ0n) is 11.3. The molecule has 2 fully saturated rings. The first-order valence-electron chi connectivity index (χ1n) is 6.47. The maximum atomic E-state index is 11.9. The van der Waals surface area contributed by atoms with Crippen LogP contribution in [0.3, 0.4) is 0 Å². The lowest BCUT2D eigenvalue weighted by atomic mass is 9.98. The third kappa shape index (κ3) is 4.57. The zero-order chi connectivity index (χ0) is 12.8. The number of amides is 1. The average molecular weight is 295 g/mol. The van der Waals surface area contributed by atoms with E-state index in [-0.39, 0.29) is 23.9 Å². The quantitative estimate of drug-likeness (QED) is 0.729. The Hall–Kier alpha value is -0.400. The second-order valence-electron chi connectivity index (χ2n) is 4.90. The number of rotatable bonds is 5. The van der Waals surface area contributed by atoms with Crippen LogP contribution in [0.2, 0.25) is 0 Å². The highest BCUT2D eigenvalue weighted by Crippen LogP contribution is 2.18. The Balaban J connectivity index is 0.00000180. The molecule has 2 unspecified atom stereocenters. The molecule has 7 heteroatoms. The van der Waals surface area contributed by atoms with Crippen molar-refractivity contribution in [3.63, 3.8) is 0 Å². The number of ether oxygens (including phenoxy) is 3. The van der Waals surface area contributed by atoms with E-state index in [1.807, 2.05) is 0 Å². The van der Waals surface area contributed by atoms with Gasteiger partial charge in [-0.1, -0.05) is 0 Å². The van der Waals surface area contributed by atoms with Gasteiger partial charge in [0, 0.05) is 13.7 Å². The van der Waals surface area contributed by atoms with Gasteiger partial charge in [-0.25, -0.2) is 0 Å². The van der Waals surface area contributed by atoms with E-state index in [1.165, 1.54) is 0 Å². The lowest BCUT2D eigenvalue weighted by Gasteiger charge is -2.30. The number of carbonyl (C=O) groups is 1. The van der Waals surface area contributed by atoms with E-state index in [1.54, 1.807) is 7.11 Å². The molecule has 0 saturated carbocycles. The molecule has 0 bridgehead atoms. The summed E-state index contributed by atoms with van der Waals surface area (Å²) >= 11 is 0. The van der Waals surface area contributed by atoms with Crippen molar-refractivity contribution in [2.75, 3.05) is 46.6 Å². The summed E-state index contributed by atoms with van der Waals surface area (Å²) in [5.74, 6) is -0.0983. The third-order valence-corrected chi connectivity index (χ3v) is 3.46. The molecule has 6 nitrogen and oxygen atoms in total. The Morgan fingerprint density at radius 3 is 2.95 bits per heavy atom. The highest BCUT2D eigenvalue weighted by molar-refractivity contribution is 5.85. The highest BCUT2D eigenvalue weighted by Gasteiger charge is 2.34. The first-order chi connectivity index (χ1) is 8.76. The molecule has 2 rings (SSSR count). The van der Waals surface area contributed by atoms with Crippen molar-refractivity contribution in [2.45, 2.75) is 24.5 Å². The molecule has 0 radical (unpaired) electrons. The van der Waals surface area contributed by atoms with E-state index in [0.29, 0.717) is 33.0 Å². The van der Waals surface area contributed by atoms with Gasteiger partial charge in [-0.05, 0) is 19.4 Å². The van der Waals surface area contributed by atoms with Gasteiger partial charge in [-0.15, -0.1) is 12.4 Å². The molecule has 112 valence electrons. The molecular formula is C12H23ClN2O4. The van der Waals surface area contributed by atoms with Crippen molar-refractivity contribution >= 4 is 18.3 Å². The van der Waals surface area contributed by atoms with Gasteiger partial charge in [0.1, 0.15) is 0 Å². The molecule has 0 aromatic carbocycles. The second-order valence-corrected chi connectivity index (χ2v) is 4.90. The standard InChI is InChI=1S/C12H22N2O4.ClH/c1-16-9-12(3-2-4-14-12)8-13-11(15)10-7-17-5-6-18-10;/h10,14H,2-9H2,1H3,(H,13,15);1H. The molecule has 2 saturated heterocycles. The Labute approximate surface area is 119 Å². The number of hydrogen-bond donors (Lipinski definition) is 2. The van der Waals surface area contributed by atoms with Crippen molar-refractivity contribution in [1.29, 1.82) is 0 Å². The van der Waals surface area contributed by atoms with Gasteiger partial charge in [0.05, 0.1) is 32.0 Å². The van der Waals surface area contributed by atoms with Crippen LogP contribution >= 0.6 is 12.4 Å². The summed E-state index contributed by atoms with van der Waals surface area (Å²) in [5, 5.41) is 6.35. The van der Waals surface area contributed by atoms with Gasteiger partial charge in [-0.2, -0.15) is 0 Å². The summed E-state index contributed by atoms with van der Waals surface area (Å²) in [7, 11) is 1.68. The van der Waals surface area contributed by atoms with Crippen LogP contribution in [0.15, 0.2) is 0 Å². The van der Waals surface area contributed by atoms with Crippen molar-refractivity contribution in [3.8, 4) is 0 Å². The van der Waals surface area contributed by atoms with E-state index in [4.69, 9.17) is 14.2 Å². The highest BCUT2D eigenvalue weighted by atomic mass is 35.5. The molecule has 2 N–H and O–H groups in total. The maximum Gasteiger partial charge on any atom is 0.251 e. The molecule has 2 heterocycles. The normalized spacial score (nSPS) is 30.7. The molecule has 0 aromatic heterocycles. The second kappa shape index (κ2) is 8.01. The van der Waals surface area contributed by atoms with E-state index < -0.39 is 6.10 Å². The van der Waals surface area contributed by atoms with Crippen LogP contribution in [-0.4, -0.2) is 64.2 Å². The number of halogens is 1. The molecule has 19 heavy (non-hydrogen) atoms. The van der Waals surface area contributed by atoms with Gasteiger partial charge in [-0.3, -0.25) is 4.79 Å². The summed E-state index contributed by atoms with van der Waals surface area (Å²) in [6, 6.07) is 0. The van der Waals surface area contributed by atoms with E-state index >= 15 is 0 Å². The van der Waals surface area contributed by atoms with Crippen LogP contribution in [0.1, 0.15) is 12.8 Å². The molecule has 0 aliphatic carbocycles. The fourth-order valence-electron chi connectivity index (χ4n) is 2.48. The maximum absolute atomic E-state index is 11.9. The number of nitrogens with one attached hydrogen (secondary N) is 2. The van der Waals surface area contributed by atoms with Crippen LogP contribution in [-0.2, 0) is 19.0 Å². The van der Waals surface area contributed by atoms with Gasteiger partial charge in [0.2, 0.25) is 0 Å². The molecule has 0 aromatic rings. The smallest absolute Gasteiger partial charge is 0.251 e. The first kappa shape index (κ1) is 16.7. The van der Waals surface area contributed by atoms with Crippen molar-refractivity contribution in [1.82, 2.24) is 10.6 Å². The van der Waals surface area contributed by atoms with E-state index in [0.717, 1.165) is 19.4 Å². The van der Waals surface area contributed by atoms with E-state index in [9.17, 15) is 4.79 Å². The first-order valence-corrected chi connectivity index (χ1v) is 6.47. The SMILES string of the molecule is COCC1(CNC(=O)C2COCCO2)CCCN1.Cl. The summed E-state index contributed by atoms with van der Waals surface area (Å²) in [4.78, 5) is 11.9. The summed E-state index contributed by atoms with van der Waals surface area (Å²) < 4.78 is 15.8. The van der Waals surface area contributed by atoms with Gasteiger partial charge >= 0.3 is 0 Å².